The maximum atomic E-state index is 13.6. The van der Waals surface area contributed by atoms with Gasteiger partial charge < -0.3 is 4.90 Å². The summed E-state index contributed by atoms with van der Waals surface area (Å²) in [7, 11) is 0. The lowest BCUT2D eigenvalue weighted by Gasteiger charge is -2.33. The highest BCUT2D eigenvalue weighted by molar-refractivity contribution is 9.10. The minimum Gasteiger partial charge on any atom is -0.333 e. The minimum atomic E-state index is -0.305. The summed E-state index contributed by atoms with van der Waals surface area (Å²) in [5, 5.41) is 0.563. The Morgan fingerprint density at radius 2 is 1.74 bits per heavy atom. The van der Waals surface area contributed by atoms with Crippen molar-refractivity contribution in [1.82, 2.24) is 14.5 Å². The fourth-order valence-electron chi connectivity index (χ4n) is 3.88. The van der Waals surface area contributed by atoms with Crippen molar-refractivity contribution in [1.29, 1.82) is 0 Å². The van der Waals surface area contributed by atoms with Crippen LogP contribution in [0, 0.1) is 5.41 Å². The van der Waals surface area contributed by atoms with Crippen LogP contribution in [0.5, 0.6) is 0 Å². The molecule has 6 heteroatoms. The van der Waals surface area contributed by atoms with E-state index in [4.69, 9.17) is 4.98 Å². The van der Waals surface area contributed by atoms with Crippen molar-refractivity contribution < 1.29 is 4.79 Å². The Labute approximate surface area is 192 Å². The maximum Gasteiger partial charge on any atom is 0.266 e. The molecule has 0 N–H and O–H groups in total. The summed E-state index contributed by atoms with van der Waals surface area (Å²) in [5.74, 6) is 0.671. The highest BCUT2D eigenvalue weighted by atomic mass is 79.9. The van der Waals surface area contributed by atoms with E-state index >= 15 is 0 Å². The predicted octanol–water partition coefficient (Wildman–Crippen LogP) is 5.88. The van der Waals surface area contributed by atoms with Crippen LogP contribution in [0.2, 0.25) is 0 Å². The zero-order chi connectivity index (χ0) is 22.8. The van der Waals surface area contributed by atoms with E-state index in [0.717, 1.165) is 10.2 Å². The second kappa shape index (κ2) is 9.35. The number of carbonyl (C=O) groups is 1. The SMILES string of the molecule is CCC(c1nc2ccccc2c(=O)n1-c1ccc(Br)cc1)N(CC)C(=O)CC(C)(C)C. The molecule has 0 saturated carbocycles. The number of fused-ring (bicyclic) bond motifs is 1. The lowest BCUT2D eigenvalue weighted by atomic mass is 9.91. The van der Waals surface area contributed by atoms with E-state index in [-0.39, 0.29) is 22.9 Å². The number of carbonyl (C=O) groups excluding carboxylic acids is 1. The molecule has 3 rings (SSSR count). The van der Waals surface area contributed by atoms with E-state index < -0.39 is 0 Å². The lowest BCUT2D eigenvalue weighted by molar-refractivity contribution is -0.135. The summed E-state index contributed by atoms with van der Waals surface area (Å²) >= 11 is 3.46. The van der Waals surface area contributed by atoms with Gasteiger partial charge in [-0.05, 0) is 55.2 Å². The van der Waals surface area contributed by atoms with Crippen molar-refractivity contribution in [3.8, 4) is 5.69 Å². The Bertz CT molecular complexity index is 1130. The molecule has 0 radical (unpaired) electrons. The third-order valence-corrected chi connectivity index (χ3v) is 5.82. The molecule has 1 unspecified atom stereocenters. The molecule has 5 nitrogen and oxygen atoms in total. The largest absolute Gasteiger partial charge is 0.333 e. The second-order valence-corrected chi connectivity index (χ2v) is 9.86. The average Bonchev–Trinajstić information content (AvgIpc) is 2.71. The molecular weight excluding hydrogens is 454 g/mol. The first-order valence-electron chi connectivity index (χ1n) is 10.7. The van der Waals surface area contributed by atoms with Crippen LogP contribution in [0.15, 0.2) is 57.8 Å². The van der Waals surface area contributed by atoms with E-state index in [1.807, 2.05) is 61.2 Å². The standard InChI is InChI=1S/C25H30BrN3O2/c1-6-21(28(7-2)22(30)16-25(3,4)5)23-27-20-11-9-8-10-19(20)24(31)29(23)18-14-12-17(26)13-15-18/h8-15,21H,6-7,16H2,1-5H3. The Balaban J connectivity index is 2.25. The smallest absolute Gasteiger partial charge is 0.266 e. The number of hydrogen-bond acceptors (Lipinski definition) is 3. The third kappa shape index (κ3) is 5.06. The highest BCUT2D eigenvalue weighted by Crippen LogP contribution is 2.29. The first kappa shape index (κ1) is 23.2. The molecule has 1 aromatic heterocycles. The fraction of sp³-hybridized carbons (Fsp3) is 0.400. The van der Waals surface area contributed by atoms with Crippen LogP contribution in [0.1, 0.15) is 59.3 Å². The van der Waals surface area contributed by atoms with Gasteiger partial charge in [0.15, 0.2) is 0 Å². The van der Waals surface area contributed by atoms with Crippen molar-refractivity contribution in [3.05, 3.63) is 69.2 Å². The maximum absolute atomic E-state index is 13.6. The number of aromatic nitrogens is 2. The normalized spacial score (nSPS) is 12.7. The van der Waals surface area contributed by atoms with E-state index in [2.05, 4.69) is 36.7 Å². The zero-order valence-electron chi connectivity index (χ0n) is 18.9. The van der Waals surface area contributed by atoms with Crippen LogP contribution in [-0.2, 0) is 4.79 Å². The third-order valence-electron chi connectivity index (χ3n) is 5.29. The van der Waals surface area contributed by atoms with Crippen molar-refractivity contribution in [2.45, 2.75) is 53.5 Å². The Morgan fingerprint density at radius 1 is 1.10 bits per heavy atom. The minimum absolute atomic E-state index is 0.0756. The first-order valence-corrected chi connectivity index (χ1v) is 11.5. The van der Waals surface area contributed by atoms with Crippen LogP contribution < -0.4 is 5.56 Å². The monoisotopic (exact) mass is 483 g/mol. The van der Waals surface area contributed by atoms with Gasteiger partial charge in [0, 0.05) is 17.4 Å². The Kier molecular flexibility index (Phi) is 6.99. The van der Waals surface area contributed by atoms with Crippen LogP contribution >= 0.6 is 15.9 Å². The molecular formula is C25H30BrN3O2. The van der Waals surface area contributed by atoms with Gasteiger partial charge in [-0.25, -0.2) is 4.98 Å². The average molecular weight is 484 g/mol. The Morgan fingerprint density at radius 3 is 2.32 bits per heavy atom. The van der Waals surface area contributed by atoms with Crippen LogP contribution in [0.3, 0.4) is 0 Å². The quantitative estimate of drug-likeness (QED) is 0.439. The van der Waals surface area contributed by atoms with Crippen molar-refractivity contribution in [2.24, 2.45) is 5.41 Å². The van der Waals surface area contributed by atoms with Gasteiger partial charge in [0.1, 0.15) is 5.82 Å². The van der Waals surface area contributed by atoms with Crippen molar-refractivity contribution in [2.75, 3.05) is 6.54 Å². The molecule has 0 fully saturated rings. The predicted molar refractivity (Wildman–Crippen MR) is 130 cm³/mol. The second-order valence-electron chi connectivity index (χ2n) is 8.95. The summed E-state index contributed by atoms with van der Waals surface area (Å²) in [6.45, 7) is 10.7. The number of halogens is 1. The zero-order valence-corrected chi connectivity index (χ0v) is 20.4. The number of benzene rings is 2. The van der Waals surface area contributed by atoms with Crippen LogP contribution in [-0.4, -0.2) is 26.9 Å². The number of nitrogens with zero attached hydrogens (tertiary/aromatic N) is 3. The molecule has 2 aromatic carbocycles. The van der Waals surface area contributed by atoms with Gasteiger partial charge in [0.2, 0.25) is 5.91 Å². The molecule has 3 aromatic rings. The van der Waals surface area contributed by atoms with Gasteiger partial charge in [-0.15, -0.1) is 0 Å². The topological polar surface area (TPSA) is 55.2 Å². The molecule has 31 heavy (non-hydrogen) atoms. The molecule has 0 bridgehead atoms. The number of amides is 1. The highest BCUT2D eigenvalue weighted by Gasteiger charge is 2.30. The molecule has 0 aliphatic heterocycles. The molecule has 0 spiro atoms. The molecule has 164 valence electrons. The molecule has 0 aliphatic carbocycles. The van der Waals surface area contributed by atoms with Gasteiger partial charge >= 0.3 is 0 Å². The van der Waals surface area contributed by atoms with E-state index in [1.54, 1.807) is 10.6 Å². The van der Waals surface area contributed by atoms with Crippen molar-refractivity contribution in [3.63, 3.8) is 0 Å². The van der Waals surface area contributed by atoms with Crippen LogP contribution in [0.4, 0.5) is 0 Å². The van der Waals surface area contributed by atoms with Gasteiger partial charge in [0.25, 0.3) is 5.56 Å². The first-order chi connectivity index (χ1) is 14.7. The van der Waals surface area contributed by atoms with E-state index in [9.17, 15) is 9.59 Å². The van der Waals surface area contributed by atoms with Gasteiger partial charge in [0.05, 0.1) is 22.6 Å². The molecule has 1 amide bonds. The van der Waals surface area contributed by atoms with Gasteiger partial charge in [-0.3, -0.25) is 14.2 Å². The summed E-state index contributed by atoms with van der Waals surface area (Å²) in [5.41, 5.74) is 1.14. The summed E-state index contributed by atoms with van der Waals surface area (Å²) < 4.78 is 2.60. The molecule has 0 aliphatic rings. The number of para-hydroxylation sites is 1. The lowest BCUT2D eigenvalue weighted by Crippen LogP contribution is -2.39. The van der Waals surface area contributed by atoms with Crippen LogP contribution in [0.25, 0.3) is 16.6 Å². The molecule has 1 heterocycles. The van der Waals surface area contributed by atoms with E-state index in [0.29, 0.717) is 36.1 Å². The number of rotatable bonds is 6. The van der Waals surface area contributed by atoms with Gasteiger partial charge in [-0.1, -0.05) is 55.8 Å². The number of hydrogen-bond donors (Lipinski definition) is 0. The van der Waals surface area contributed by atoms with Crippen molar-refractivity contribution >= 4 is 32.7 Å². The summed E-state index contributed by atoms with van der Waals surface area (Å²) in [6, 6.07) is 14.7. The fourth-order valence-corrected chi connectivity index (χ4v) is 4.15. The van der Waals surface area contributed by atoms with Gasteiger partial charge in [-0.2, -0.15) is 0 Å². The summed E-state index contributed by atoms with van der Waals surface area (Å²) in [4.78, 5) is 33.6. The molecule has 1 atom stereocenters. The Hall–Kier alpha value is -2.47. The summed E-state index contributed by atoms with van der Waals surface area (Å²) in [6.07, 6.45) is 1.10. The molecule has 0 saturated heterocycles. The van der Waals surface area contributed by atoms with E-state index in [1.165, 1.54) is 0 Å².